The zero-order valence-electron chi connectivity index (χ0n) is 26.8. The minimum absolute atomic E-state index is 0.220. The Hall–Kier alpha value is -5.75. The van der Waals surface area contributed by atoms with Gasteiger partial charge in [0.1, 0.15) is 0 Å². The highest BCUT2D eigenvalue weighted by Gasteiger charge is 2.44. The molecule has 0 fully saturated rings. The summed E-state index contributed by atoms with van der Waals surface area (Å²) in [4.78, 5) is 55.1. The van der Waals surface area contributed by atoms with Crippen LogP contribution in [0.2, 0.25) is 0 Å². The van der Waals surface area contributed by atoms with Crippen molar-refractivity contribution in [1.82, 2.24) is 25.3 Å². The van der Waals surface area contributed by atoms with Gasteiger partial charge in [-0.25, -0.2) is 4.79 Å². The van der Waals surface area contributed by atoms with Crippen LogP contribution in [-0.2, 0) is 16.9 Å². The number of fused-ring (bicyclic) bond motifs is 1. The number of carbonyl (C=O) groups is 4. The number of anilines is 3. The van der Waals surface area contributed by atoms with E-state index in [9.17, 15) is 19.2 Å². The predicted molar refractivity (Wildman–Crippen MR) is 181 cm³/mol. The summed E-state index contributed by atoms with van der Waals surface area (Å²) in [6.07, 6.45) is 1.16. The first-order chi connectivity index (χ1) is 22.5. The molecule has 1 aliphatic heterocycles. The Morgan fingerprint density at radius 1 is 0.915 bits per heavy atom. The van der Waals surface area contributed by atoms with Gasteiger partial charge in [0, 0.05) is 34.6 Å². The molecule has 12 heteroatoms. The molecule has 1 unspecified atom stereocenters. The number of hydrogen-bond donors (Lipinski definition) is 5. The first kappa shape index (κ1) is 32.6. The number of nitrogens with one attached hydrogen (secondary N) is 5. The second-order valence-corrected chi connectivity index (χ2v) is 12.0. The van der Waals surface area contributed by atoms with Gasteiger partial charge in [-0.2, -0.15) is 5.10 Å². The Morgan fingerprint density at radius 2 is 1.62 bits per heavy atom. The summed E-state index contributed by atoms with van der Waals surface area (Å²) >= 11 is 0. The molecule has 1 aliphatic rings. The van der Waals surface area contributed by atoms with Crippen LogP contribution in [-0.4, -0.2) is 64.4 Å². The lowest BCUT2D eigenvalue weighted by Gasteiger charge is -2.34. The van der Waals surface area contributed by atoms with Gasteiger partial charge in [0.2, 0.25) is 5.91 Å². The number of aromatic amines is 1. The normalized spacial score (nSPS) is 13.8. The average molecular weight is 635 g/mol. The number of urea groups is 1. The number of H-pyrrole nitrogens is 1. The minimum Gasteiger partial charge on any atom is -0.330 e. The van der Waals surface area contributed by atoms with Gasteiger partial charge in [-0.3, -0.25) is 19.5 Å². The van der Waals surface area contributed by atoms with E-state index >= 15 is 0 Å². The van der Waals surface area contributed by atoms with Crippen molar-refractivity contribution in [2.75, 3.05) is 36.6 Å². The zero-order valence-corrected chi connectivity index (χ0v) is 26.8. The van der Waals surface area contributed by atoms with Crippen LogP contribution in [0.4, 0.5) is 22.0 Å². The van der Waals surface area contributed by atoms with Crippen molar-refractivity contribution < 1.29 is 19.2 Å². The summed E-state index contributed by atoms with van der Waals surface area (Å²) in [5.74, 6) is -0.820. The molecule has 5 rings (SSSR count). The van der Waals surface area contributed by atoms with Gasteiger partial charge in [-0.15, -0.1) is 0 Å². The third kappa shape index (κ3) is 7.39. The lowest BCUT2D eigenvalue weighted by Crippen LogP contribution is -2.48. The molecule has 0 saturated heterocycles. The molecule has 0 saturated carbocycles. The van der Waals surface area contributed by atoms with Gasteiger partial charge < -0.3 is 31.1 Å². The Kier molecular flexibility index (Phi) is 9.52. The lowest BCUT2D eigenvalue weighted by molar-refractivity contribution is -0.111. The molecular weight excluding hydrogens is 596 g/mol. The third-order valence-electron chi connectivity index (χ3n) is 7.98. The molecule has 0 radical (unpaired) electrons. The van der Waals surface area contributed by atoms with Crippen LogP contribution in [0.5, 0.6) is 0 Å². The van der Waals surface area contributed by atoms with E-state index in [0.717, 1.165) is 22.9 Å². The van der Waals surface area contributed by atoms with Crippen molar-refractivity contribution >= 4 is 40.9 Å². The van der Waals surface area contributed by atoms with Crippen molar-refractivity contribution in [3.05, 3.63) is 119 Å². The highest BCUT2D eigenvalue weighted by Crippen LogP contribution is 2.40. The molecule has 0 aliphatic carbocycles. The van der Waals surface area contributed by atoms with Crippen LogP contribution < -0.4 is 21.3 Å². The van der Waals surface area contributed by atoms with Crippen LogP contribution in [0.1, 0.15) is 57.4 Å². The topological polar surface area (TPSA) is 152 Å². The minimum atomic E-state index is -0.714. The maximum absolute atomic E-state index is 13.7. The average Bonchev–Trinajstić information content (AvgIpc) is 3.58. The SMILES string of the molecule is C=CC(=O)Nc1ccc(C(=O)Nc2cccc(C(=O)Nc3n[nH]c4c3CN(C(=O)NC(CN(C)C)c3ccccc3)C4(C)C)c2)cc1. The fourth-order valence-corrected chi connectivity index (χ4v) is 5.48. The summed E-state index contributed by atoms with van der Waals surface area (Å²) in [6, 6.07) is 22.3. The van der Waals surface area contributed by atoms with E-state index in [4.69, 9.17) is 0 Å². The molecule has 5 amide bonds. The molecule has 0 bridgehead atoms. The number of carbonyl (C=O) groups excluding carboxylic acids is 4. The molecule has 3 aromatic carbocycles. The molecule has 242 valence electrons. The second-order valence-electron chi connectivity index (χ2n) is 12.0. The number of likely N-dealkylation sites (N-methyl/N-ethyl adjacent to an activating group) is 1. The Balaban J connectivity index is 1.25. The van der Waals surface area contributed by atoms with Crippen LogP contribution in [0, 0.1) is 0 Å². The molecule has 4 aromatic rings. The van der Waals surface area contributed by atoms with Crippen molar-refractivity contribution in [1.29, 1.82) is 0 Å². The summed E-state index contributed by atoms with van der Waals surface area (Å²) in [7, 11) is 3.93. The maximum atomic E-state index is 13.7. The molecule has 1 atom stereocenters. The van der Waals surface area contributed by atoms with Gasteiger partial charge in [-0.1, -0.05) is 43.0 Å². The fraction of sp³-hybridized carbons (Fsp3) is 0.229. The van der Waals surface area contributed by atoms with Crippen LogP contribution in [0.15, 0.2) is 91.5 Å². The Labute approximate surface area is 273 Å². The highest BCUT2D eigenvalue weighted by molar-refractivity contribution is 6.07. The molecule has 0 spiro atoms. The maximum Gasteiger partial charge on any atom is 0.319 e. The molecule has 5 N–H and O–H groups in total. The van der Waals surface area contributed by atoms with Gasteiger partial charge in [-0.05, 0) is 82.0 Å². The highest BCUT2D eigenvalue weighted by atomic mass is 16.2. The quantitative estimate of drug-likeness (QED) is 0.153. The fourth-order valence-electron chi connectivity index (χ4n) is 5.48. The largest absolute Gasteiger partial charge is 0.330 e. The molecule has 1 aromatic heterocycles. The van der Waals surface area contributed by atoms with Crippen molar-refractivity contribution in [3.8, 4) is 0 Å². The number of benzene rings is 3. The van der Waals surface area contributed by atoms with Gasteiger partial charge in [0.25, 0.3) is 11.8 Å². The monoisotopic (exact) mass is 634 g/mol. The molecule has 47 heavy (non-hydrogen) atoms. The van der Waals surface area contributed by atoms with E-state index in [1.165, 1.54) is 0 Å². The van der Waals surface area contributed by atoms with Crippen LogP contribution in [0.3, 0.4) is 0 Å². The Bertz CT molecular complexity index is 1800. The molecule has 2 heterocycles. The van der Waals surface area contributed by atoms with E-state index < -0.39 is 11.4 Å². The summed E-state index contributed by atoms with van der Waals surface area (Å²) in [5.41, 5.74) is 3.39. The number of rotatable bonds is 10. The van der Waals surface area contributed by atoms with Crippen molar-refractivity contribution in [2.24, 2.45) is 0 Å². The van der Waals surface area contributed by atoms with Crippen molar-refractivity contribution in [3.63, 3.8) is 0 Å². The van der Waals surface area contributed by atoms with Gasteiger partial charge in [0.15, 0.2) is 5.82 Å². The standard InChI is InChI=1S/C35H38N8O4/c1-6-29(44)36-25-17-15-23(16-18-25)32(45)37-26-14-10-13-24(19-26)33(46)39-31-27-20-43(35(2,3)30(27)40-41-31)34(47)38-28(21-42(4)5)22-11-8-7-9-12-22/h6-19,28H,1,20-21H2,2-5H3,(H,36,44)(H,37,45)(H,38,47)(H2,39,40,41,46). The van der Waals surface area contributed by atoms with Crippen molar-refractivity contribution in [2.45, 2.75) is 32.0 Å². The van der Waals surface area contributed by atoms with E-state index in [-0.39, 0.29) is 30.4 Å². The Morgan fingerprint density at radius 3 is 2.30 bits per heavy atom. The number of nitrogens with zero attached hydrogens (tertiary/aromatic N) is 3. The number of hydrogen-bond acceptors (Lipinski definition) is 6. The first-order valence-electron chi connectivity index (χ1n) is 15.1. The predicted octanol–water partition coefficient (Wildman–Crippen LogP) is 5.10. The summed E-state index contributed by atoms with van der Waals surface area (Å²) < 4.78 is 0. The van der Waals surface area contributed by atoms with E-state index in [2.05, 4.69) is 38.0 Å². The number of amides is 5. The van der Waals surface area contributed by atoms with E-state index in [0.29, 0.717) is 34.9 Å². The van der Waals surface area contributed by atoms with E-state index in [1.54, 1.807) is 53.4 Å². The smallest absolute Gasteiger partial charge is 0.319 e. The van der Waals surface area contributed by atoms with Gasteiger partial charge >= 0.3 is 6.03 Å². The number of aromatic nitrogens is 2. The third-order valence-corrected chi connectivity index (χ3v) is 7.98. The molecule has 12 nitrogen and oxygen atoms in total. The zero-order chi connectivity index (χ0) is 33.7. The second kappa shape index (κ2) is 13.7. The molecular formula is C35H38N8O4. The summed E-state index contributed by atoms with van der Waals surface area (Å²) in [5, 5.41) is 18.9. The first-order valence-corrected chi connectivity index (χ1v) is 15.1. The van der Waals surface area contributed by atoms with Crippen LogP contribution >= 0.6 is 0 Å². The van der Waals surface area contributed by atoms with E-state index in [1.807, 2.05) is 63.2 Å². The van der Waals surface area contributed by atoms with Crippen LogP contribution in [0.25, 0.3) is 0 Å². The lowest BCUT2D eigenvalue weighted by atomic mass is 10.0. The summed E-state index contributed by atoms with van der Waals surface area (Å²) in [6.45, 7) is 8.15. The van der Waals surface area contributed by atoms with Gasteiger partial charge in [0.05, 0.1) is 23.8 Å².